The van der Waals surface area contributed by atoms with Gasteiger partial charge in [0, 0.05) is 47.9 Å². The molecule has 1 fully saturated rings. The predicted octanol–water partition coefficient (Wildman–Crippen LogP) is 5.25. The average Bonchev–Trinajstić information content (AvgIpc) is 3.38. The van der Waals surface area contributed by atoms with Crippen molar-refractivity contribution in [3.8, 4) is 11.3 Å². The molecule has 3 heterocycles. The Balaban J connectivity index is 1.25. The summed E-state index contributed by atoms with van der Waals surface area (Å²) in [6, 6.07) is 8.50. The molecule has 1 aromatic carbocycles. The molecule has 3 aromatic rings. The summed E-state index contributed by atoms with van der Waals surface area (Å²) in [7, 11) is 0. The summed E-state index contributed by atoms with van der Waals surface area (Å²) in [4.78, 5) is 15.5. The number of benzene rings is 1. The van der Waals surface area contributed by atoms with E-state index < -0.39 is 0 Å². The lowest BCUT2D eigenvalue weighted by molar-refractivity contribution is 0.0918. The molecule has 2 aliphatic rings. The van der Waals surface area contributed by atoms with E-state index in [4.69, 9.17) is 21.1 Å². The summed E-state index contributed by atoms with van der Waals surface area (Å²) >= 11 is 6.14. The van der Waals surface area contributed by atoms with Crippen LogP contribution >= 0.6 is 11.6 Å². The third kappa shape index (κ3) is 4.80. The molecule has 0 unspecified atom stereocenters. The number of halogens is 1. The number of nitrogens with one attached hydrogen (secondary N) is 1. The zero-order valence-electron chi connectivity index (χ0n) is 20.1. The number of likely N-dealkylation sites (tertiary alicyclic amines) is 1. The lowest BCUT2D eigenvalue weighted by Crippen LogP contribution is -2.39. The molecule has 34 heavy (non-hydrogen) atoms. The Hall–Kier alpha value is -2.57. The number of hydrogen-bond acceptors (Lipinski definition) is 4. The molecule has 1 amide bonds. The van der Waals surface area contributed by atoms with Gasteiger partial charge in [0.05, 0.1) is 12.2 Å². The monoisotopic (exact) mass is 480 g/mol. The smallest absolute Gasteiger partial charge is 0.287 e. The SMILES string of the molecule is Cc1c(C(=O)NCCCN2CCCC[C@@H]2C)oc2c1-c1nn(Cc3cccc(Cl)c3)cc1CC2. The fourth-order valence-electron chi connectivity index (χ4n) is 5.34. The van der Waals surface area contributed by atoms with Crippen molar-refractivity contribution in [2.75, 3.05) is 19.6 Å². The molecular weight excluding hydrogens is 448 g/mol. The number of carbonyl (C=O) groups is 1. The van der Waals surface area contributed by atoms with Crippen LogP contribution in [0, 0.1) is 6.92 Å². The third-order valence-corrected chi connectivity index (χ3v) is 7.44. The van der Waals surface area contributed by atoms with E-state index in [9.17, 15) is 4.79 Å². The standard InChI is InChI=1S/C27H33ClN4O2/c1-18-7-3-4-13-31(18)14-6-12-29-27(33)26-19(2)24-23(34-26)11-10-21-17-32(30-25(21)24)16-20-8-5-9-22(28)15-20/h5,8-9,15,17-18H,3-4,6-7,10-14,16H2,1-2H3,(H,29,33)/t18-/m0/s1. The van der Waals surface area contributed by atoms with Crippen molar-refractivity contribution >= 4 is 17.5 Å². The molecule has 2 aromatic heterocycles. The topological polar surface area (TPSA) is 63.3 Å². The van der Waals surface area contributed by atoms with E-state index in [0.29, 0.717) is 24.9 Å². The molecule has 1 aliphatic carbocycles. The van der Waals surface area contributed by atoms with Gasteiger partial charge >= 0.3 is 0 Å². The highest BCUT2D eigenvalue weighted by atomic mass is 35.5. The molecule has 6 nitrogen and oxygen atoms in total. The summed E-state index contributed by atoms with van der Waals surface area (Å²) in [6.07, 6.45) is 8.59. The maximum atomic E-state index is 12.9. The van der Waals surface area contributed by atoms with Crippen LogP contribution < -0.4 is 5.32 Å². The molecule has 0 bridgehead atoms. The summed E-state index contributed by atoms with van der Waals surface area (Å²) in [5.74, 6) is 1.16. The maximum absolute atomic E-state index is 12.9. The summed E-state index contributed by atoms with van der Waals surface area (Å²) in [6.45, 7) is 7.79. The Morgan fingerprint density at radius 1 is 1.29 bits per heavy atom. The van der Waals surface area contributed by atoms with Crippen molar-refractivity contribution in [3.63, 3.8) is 0 Å². The lowest BCUT2D eigenvalue weighted by atomic mass is 9.93. The highest BCUT2D eigenvalue weighted by Gasteiger charge is 2.29. The maximum Gasteiger partial charge on any atom is 0.287 e. The Morgan fingerprint density at radius 3 is 3.00 bits per heavy atom. The van der Waals surface area contributed by atoms with E-state index in [-0.39, 0.29) is 5.91 Å². The van der Waals surface area contributed by atoms with Crippen LogP contribution in [-0.4, -0.2) is 46.3 Å². The second kappa shape index (κ2) is 9.96. The number of aryl methyl sites for hydroxylation is 2. The minimum absolute atomic E-state index is 0.126. The normalized spacial score (nSPS) is 17.9. The number of rotatable bonds is 7. The molecule has 0 saturated carbocycles. The van der Waals surface area contributed by atoms with Gasteiger partial charge in [0.25, 0.3) is 5.91 Å². The summed E-state index contributed by atoms with van der Waals surface area (Å²) in [5, 5.41) is 8.66. The van der Waals surface area contributed by atoms with Gasteiger partial charge in [-0.3, -0.25) is 9.48 Å². The van der Waals surface area contributed by atoms with Gasteiger partial charge in [0.2, 0.25) is 0 Å². The van der Waals surface area contributed by atoms with Crippen LogP contribution in [0.2, 0.25) is 5.02 Å². The number of hydrogen-bond donors (Lipinski definition) is 1. The number of fused-ring (bicyclic) bond motifs is 3. The van der Waals surface area contributed by atoms with E-state index in [1.165, 1.54) is 31.4 Å². The highest BCUT2D eigenvalue weighted by Crippen LogP contribution is 2.38. The second-order valence-electron chi connectivity index (χ2n) is 9.68. The molecule has 0 radical (unpaired) electrons. The average molecular weight is 481 g/mol. The molecule has 7 heteroatoms. The van der Waals surface area contributed by atoms with Gasteiger partial charge in [-0.2, -0.15) is 5.10 Å². The van der Waals surface area contributed by atoms with E-state index in [1.54, 1.807) is 0 Å². The van der Waals surface area contributed by atoms with Crippen molar-refractivity contribution in [1.29, 1.82) is 0 Å². The zero-order chi connectivity index (χ0) is 23.7. The van der Waals surface area contributed by atoms with Gasteiger partial charge in [-0.15, -0.1) is 0 Å². The van der Waals surface area contributed by atoms with Gasteiger partial charge in [-0.25, -0.2) is 0 Å². The van der Waals surface area contributed by atoms with Crippen molar-refractivity contribution in [2.45, 2.75) is 65.0 Å². The van der Waals surface area contributed by atoms with E-state index in [1.807, 2.05) is 29.8 Å². The first-order chi connectivity index (χ1) is 16.5. The van der Waals surface area contributed by atoms with Gasteiger partial charge in [0.1, 0.15) is 5.76 Å². The number of nitrogens with zero attached hydrogens (tertiary/aromatic N) is 3. The number of aromatic nitrogens is 2. The molecule has 5 rings (SSSR count). The van der Waals surface area contributed by atoms with Crippen LogP contribution in [0.1, 0.15) is 65.6 Å². The first-order valence-electron chi connectivity index (χ1n) is 12.4. The second-order valence-corrected chi connectivity index (χ2v) is 10.1. The summed E-state index contributed by atoms with van der Waals surface area (Å²) in [5.41, 5.74) is 5.10. The Labute approximate surface area is 206 Å². The number of carbonyl (C=O) groups excluding carboxylic acids is 1. The number of piperidine rings is 1. The van der Waals surface area contributed by atoms with Crippen LogP contribution in [0.3, 0.4) is 0 Å². The predicted molar refractivity (Wildman–Crippen MR) is 134 cm³/mol. The fraction of sp³-hybridized carbons (Fsp3) is 0.481. The zero-order valence-corrected chi connectivity index (χ0v) is 20.8. The van der Waals surface area contributed by atoms with Crippen molar-refractivity contribution in [3.05, 3.63) is 63.7 Å². The lowest BCUT2D eigenvalue weighted by Gasteiger charge is -2.33. The van der Waals surface area contributed by atoms with Crippen LogP contribution in [0.4, 0.5) is 0 Å². The van der Waals surface area contributed by atoms with Gasteiger partial charge in [-0.1, -0.05) is 30.2 Å². The Bertz CT molecular complexity index is 1180. The minimum Gasteiger partial charge on any atom is -0.455 e. The van der Waals surface area contributed by atoms with E-state index in [0.717, 1.165) is 59.0 Å². The van der Waals surface area contributed by atoms with Crippen LogP contribution in [0.5, 0.6) is 0 Å². The van der Waals surface area contributed by atoms with E-state index in [2.05, 4.69) is 29.4 Å². The van der Waals surface area contributed by atoms with E-state index >= 15 is 0 Å². The minimum atomic E-state index is -0.126. The highest BCUT2D eigenvalue weighted by molar-refractivity contribution is 6.30. The van der Waals surface area contributed by atoms with Gasteiger partial charge < -0.3 is 14.6 Å². The molecule has 0 spiro atoms. The third-order valence-electron chi connectivity index (χ3n) is 7.20. The van der Waals surface area contributed by atoms with Crippen molar-refractivity contribution < 1.29 is 9.21 Å². The number of furan rings is 1. The van der Waals surface area contributed by atoms with Crippen molar-refractivity contribution in [2.24, 2.45) is 0 Å². The quantitative estimate of drug-likeness (QED) is 0.469. The first kappa shape index (κ1) is 23.2. The molecule has 180 valence electrons. The van der Waals surface area contributed by atoms with Gasteiger partial charge in [0.15, 0.2) is 5.76 Å². The Kier molecular flexibility index (Phi) is 6.79. The molecule has 1 atom stereocenters. The molecular formula is C27H33ClN4O2. The van der Waals surface area contributed by atoms with Crippen LogP contribution in [0.25, 0.3) is 11.3 Å². The molecule has 1 saturated heterocycles. The number of amides is 1. The molecule has 1 N–H and O–H groups in total. The van der Waals surface area contributed by atoms with Crippen LogP contribution in [-0.2, 0) is 19.4 Å². The fourth-order valence-corrected chi connectivity index (χ4v) is 5.55. The first-order valence-corrected chi connectivity index (χ1v) is 12.8. The molecule has 1 aliphatic heterocycles. The van der Waals surface area contributed by atoms with Crippen molar-refractivity contribution in [1.82, 2.24) is 20.0 Å². The largest absolute Gasteiger partial charge is 0.455 e. The van der Waals surface area contributed by atoms with Gasteiger partial charge in [-0.05, 0) is 69.3 Å². The van der Waals surface area contributed by atoms with Crippen LogP contribution in [0.15, 0.2) is 34.9 Å². The summed E-state index contributed by atoms with van der Waals surface area (Å²) < 4.78 is 8.03. The Morgan fingerprint density at radius 2 is 2.18 bits per heavy atom.